The molecule has 1 amide bonds. The van der Waals surface area contributed by atoms with E-state index in [0.717, 1.165) is 10.0 Å². The number of hydrogen-bond acceptors (Lipinski definition) is 4. The fourth-order valence-electron chi connectivity index (χ4n) is 2.13. The van der Waals surface area contributed by atoms with E-state index in [-0.39, 0.29) is 12.5 Å². The van der Waals surface area contributed by atoms with Crippen LogP contribution in [-0.2, 0) is 20.7 Å². The molecule has 1 atom stereocenters. The van der Waals surface area contributed by atoms with Gasteiger partial charge in [-0.25, -0.2) is 4.79 Å². The van der Waals surface area contributed by atoms with E-state index in [9.17, 15) is 9.59 Å². The van der Waals surface area contributed by atoms with E-state index in [0.29, 0.717) is 12.2 Å². The Morgan fingerprint density at radius 1 is 1.12 bits per heavy atom. The van der Waals surface area contributed by atoms with Gasteiger partial charge in [0.05, 0.1) is 7.11 Å². The number of halogens is 1. The Hall–Kier alpha value is -2.34. The second-order valence-electron chi connectivity index (χ2n) is 5.08. The summed E-state index contributed by atoms with van der Waals surface area (Å²) in [5.41, 5.74) is 0.932. The fourth-order valence-corrected chi connectivity index (χ4v) is 2.51. The highest BCUT2D eigenvalue weighted by atomic mass is 79.9. The first-order valence-electron chi connectivity index (χ1n) is 7.38. The lowest BCUT2D eigenvalue weighted by Gasteiger charge is -2.17. The highest BCUT2D eigenvalue weighted by Gasteiger charge is 2.22. The molecule has 24 heavy (non-hydrogen) atoms. The van der Waals surface area contributed by atoms with Gasteiger partial charge < -0.3 is 14.8 Å². The number of carbonyl (C=O) groups is 2. The highest BCUT2D eigenvalue weighted by Crippen LogP contribution is 2.17. The average molecular weight is 392 g/mol. The first-order valence-corrected chi connectivity index (χ1v) is 8.17. The van der Waals surface area contributed by atoms with Crippen molar-refractivity contribution in [1.82, 2.24) is 5.32 Å². The molecule has 2 aromatic rings. The Labute approximate surface area is 149 Å². The van der Waals surface area contributed by atoms with Crippen LogP contribution < -0.4 is 10.1 Å². The van der Waals surface area contributed by atoms with E-state index < -0.39 is 12.0 Å². The van der Waals surface area contributed by atoms with E-state index in [2.05, 4.69) is 21.2 Å². The maximum atomic E-state index is 12.1. The lowest BCUT2D eigenvalue weighted by Crippen LogP contribution is -2.44. The summed E-state index contributed by atoms with van der Waals surface area (Å²) < 4.78 is 11.0. The molecule has 0 aliphatic heterocycles. The Morgan fingerprint density at radius 2 is 1.88 bits per heavy atom. The Balaban J connectivity index is 1.93. The number of benzene rings is 2. The van der Waals surface area contributed by atoms with Gasteiger partial charge in [-0.2, -0.15) is 0 Å². The van der Waals surface area contributed by atoms with Gasteiger partial charge in [-0.1, -0.05) is 52.3 Å². The molecule has 0 aliphatic carbocycles. The van der Waals surface area contributed by atoms with Crippen LogP contribution in [0.5, 0.6) is 5.75 Å². The zero-order valence-corrected chi connectivity index (χ0v) is 14.8. The highest BCUT2D eigenvalue weighted by molar-refractivity contribution is 9.10. The van der Waals surface area contributed by atoms with Crippen LogP contribution in [0.2, 0.25) is 0 Å². The Bertz CT molecular complexity index is 690. The van der Waals surface area contributed by atoms with Crippen molar-refractivity contribution in [1.29, 1.82) is 0 Å². The summed E-state index contributed by atoms with van der Waals surface area (Å²) in [6, 6.07) is 15.8. The lowest BCUT2D eigenvalue weighted by atomic mass is 10.1. The standard InChI is InChI=1S/C18H18BrNO4/c1-23-18(22)16(10-13-6-3-2-4-7-13)20-17(21)12-24-15-9-5-8-14(19)11-15/h2-9,11,16H,10,12H2,1H3,(H,20,21)/t16-/m0/s1. The van der Waals surface area contributed by atoms with Crippen molar-refractivity contribution in [3.63, 3.8) is 0 Å². The third kappa shape index (κ3) is 5.70. The summed E-state index contributed by atoms with van der Waals surface area (Å²) in [6.45, 7) is -0.182. The average Bonchev–Trinajstić information content (AvgIpc) is 2.59. The maximum Gasteiger partial charge on any atom is 0.328 e. The maximum absolute atomic E-state index is 12.1. The predicted molar refractivity (Wildman–Crippen MR) is 93.7 cm³/mol. The second kappa shape index (κ2) is 9.08. The number of amides is 1. The fraction of sp³-hybridized carbons (Fsp3) is 0.222. The minimum atomic E-state index is -0.754. The van der Waals surface area contributed by atoms with Gasteiger partial charge in [-0.3, -0.25) is 4.79 Å². The molecule has 0 bridgehead atoms. The normalized spacial score (nSPS) is 11.4. The molecule has 0 radical (unpaired) electrons. The van der Waals surface area contributed by atoms with Crippen LogP contribution in [0.4, 0.5) is 0 Å². The summed E-state index contributed by atoms with van der Waals surface area (Å²) >= 11 is 3.33. The van der Waals surface area contributed by atoms with Crippen LogP contribution in [0.15, 0.2) is 59.1 Å². The van der Waals surface area contributed by atoms with Crippen molar-refractivity contribution in [2.75, 3.05) is 13.7 Å². The van der Waals surface area contributed by atoms with Crippen molar-refractivity contribution in [2.45, 2.75) is 12.5 Å². The molecule has 5 nitrogen and oxygen atoms in total. The zero-order valence-electron chi connectivity index (χ0n) is 13.2. The smallest absolute Gasteiger partial charge is 0.328 e. The number of ether oxygens (including phenoxy) is 2. The number of methoxy groups -OCH3 is 1. The topological polar surface area (TPSA) is 64.6 Å². The second-order valence-corrected chi connectivity index (χ2v) is 5.99. The Kier molecular flexibility index (Phi) is 6.81. The van der Waals surface area contributed by atoms with Crippen molar-refractivity contribution in [3.05, 3.63) is 64.6 Å². The molecule has 6 heteroatoms. The van der Waals surface area contributed by atoms with Gasteiger partial charge in [0, 0.05) is 10.9 Å². The molecule has 0 aliphatic rings. The predicted octanol–water partition coefficient (Wildman–Crippen LogP) is 2.73. The van der Waals surface area contributed by atoms with Crippen LogP contribution in [0, 0.1) is 0 Å². The number of hydrogen-bond donors (Lipinski definition) is 1. The van der Waals surface area contributed by atoms with Crippen molar-refractivity contribution >= 4 is 27.8 Å². The molecule has 0 spiro atoms. The molecule has 0 saturated carbocycles. The van der Waals surface area contributed by atoms with Crippen LogP contribution in [-0.4, -0.2) is 31.6 Å². The van der Waals surface area contributed by atoms with E-state index in [1.54, 1.807) is 12.1 Å². The SMILES string of the molecule is COC(=O)[C@H](Cc1ccccc1)NC(=O)COc1cccc(Br)c1. The molecule has 126 valence electrons. The Morgan fingerprint density at radius 3 is 2.54 bits per heavy atom. The molecule has 0 aromatic heterocycles. The molecule has 0 heterocycles. The molecule has 0 saturated heterocycles. The minimum Gasteiger partial charge on any atom is -0.484 e. The van der Waals surface area contributed by atoms with E-state index in [1.807, 2.05) is 42.5 Å². The number of rotatable bonds is 7. The third-order valence-electron chi connectivity index (χ3n) is 3.27. The van der Waals surface area contributed by atoms with Gasteiger partial charge >= 0.3 is 5.97 Å². The van der Waals surface area contributed by atoms with Gasteiger partial charge in [0.15, 0.2) is 6.61 Å². The molecule has 1 N–H and O–H groups in total. The van der Waals surface area contributed by atoms with Gasteiger partial charge in [-0.15, -0.1) is 0 Å². The van der Waals surface area contributed by atoms with Crippen LogP contribution in [0.3, 0.4) is 0 Å². The van der Waals surface area contributed by atoms with Crippen molar-refractivity contribution in [3.8, 4) is 5.75 Å². The van der Waals surface area contributed by atoms with Gasteiger partial charge in [0.25, 0.3) is 5.91 Å². The molecule has 2 rings (SSSR count). The summed E-state index contributed by atoms with van der Waals surface area (Å²) in [5.74, 6) is -0.312. The first kappa shape index (κ1) is 18.0. The number of esters is 1. The van der Waals surface area contributed by atoms with Crippen LogP contribution in [0.1, 0.15) is 5.56 Å². The third-order valence-corrected chi connectivity index (χ3v) is 3.76. The van der Waals surface area contributed by atoms with E-state index in [4.69, 9.17) is 9.47 Å². The number of nitrogens with one attached hydrogen (secondary N) is 1. The quantitative estimate of drug-likeness (QED) is 0.736. The van der Waals surface area contributed by atoms with Crippen molar-refractivity contribution < 1.29 is 19.1 Å². The molecular formula is C18H18BrNO4. The number of carbonyl (C=O) groups excluding carboxylic acids is 2. The largest absolute Gasteiger partial charge is 0.484 e. The summed E-state index contributed by atoms with van der Waals surface area (Å²) in [7, 11) is 1.30. The molecule has 2 aromatic carbocycles. The zero-order chi connectivity index (χ0) is 17.4. The van der Waals surface area contributed by atoms with E-state index in [1.165, 1.54) is 7.11 Å². The van der Waals surface area contributed by atoms with Crippen molar-refractivity contribution in [2.24, 2.45) is 0 Å². The monoisotopic (exact) mass is 391 g/mol. The van der Waals surface area contributed by atoms with E-state index >= 15 is 0 Å². The van der Waals surface area contributed by atoms with Crippen LogP contribution in [0.25, 0.3) is 0 Å². The molecule has 0 unspecified atom stereocenters. The molecule has 0 fully saturated rings. The molecular weight excluding hydrogens is 374 g/mol. The lowest BCUT2D eigenvalue weighted by molar-refractivity contribution is -0.145. The van der Waals surface area contributed by atoms with Gasteiger partial charge in [0.2, 0.25) is 0 Å². The van der Waals surface area contributed by atoms with Crippen LogP contribution >= 0.6 is 15.9 Å². The minimum absolute atomic E-state index is 0.182. The van der Waals surface area contributed by atoms with Gasteiger partial charge in [0.1, 0.15) is 11.8 Å². The summed E-state index contributed by atoms with van der Waals surface area (Å²) in [6.07, 6.45) is 0.357. The first-order chi connectivity index (χ1) is 11.6. The summed E-state index contributed by atoms with van der Waals surface area (Å²) in [5, 5.41) is 2.65. The summed E-state index contributed by atoms with van der Waals surface area (Å²) in [4.78, 5) is 24.0. The van der Waals surface area contributed by atoms with Gasteiger partial charge in [-0.05, 0) is 23.8 Å².